The average molecular weight is 341 g/mol. The summed E-state index contributed by atoms with van der Waals surface area (Å²) in [5, 5.41) is 4.22. The molecule has 1 amide bonds. The van der Waals surface area contributed by atoms with Gasteiger partial charge < -0.3 is 4.90 Å². The Morgan fingerprint density at radius 3 is 2.88 bits per heavy atom. The predicted molar refractivity (Wildman–Crippen MR) is 93.5 cm³/mol. The van der Waals surface area contributed by atoms with Crippen molar-refractivity contribution in [2.45, 2.75) is 37.5 Å². The lowest BCUT2D eigenvalue weighted by molar-refractivity contribution is -0.140. The fraction of sp³-hybridized carbons (Fsp3) is 0.500. The lowest BCUT2D eigenvalue weighted by atomic mass is 9.63. The zero-order valence-corrected chi connectivity index (χ0v) is 14.6. The Morgan fingerprint density at radius 1 is 1.40 bits per heavy atom. The summed E-state index contributed by atoms with van der Waals surface area (Å²) < 4.78 is 15.5. The Bertz CT molecular complexity index is 781. The van der Waals surface area contributed by atoms with Gasteiger partial charge in [0.05, 0.1) is 11.6 Å². The SMILES string of the molecule is Cn1cc(C[C@@H]2CCN(C(=O)C3(c4cccc(F)c4)CCC3)C2)cn1. The zero-order chi connectivity index (χ0) is 17.4. The normalized spacial score (nSPS) is 22.0. The van der Waals surface area contributed by atoms with E-state index in [0.29, 0.717) is 5.92 Å². The van der Waals surface area contributed by atoms with Crippen LogP contribution in [0.4, 0.5) is 4.39 Å². The highest BCUT2D eigenvalue weighted by Crippen LogP contribution is 2.46. The second kappa shape index (κ2) is 6.28. The lowest BCUT2D eigenvalue weighted by Gasteiger charge is -2.43. The van der Waals surface area contributed by atoms with Crippen LogP contribution in [-0.2, 0) is 23.7 Å². The summed E-state index contributed by atoms with van der Waals surface area (Å²) >= 11 is 0. The van der Waals surface area contributed by atoms with Crippen molar-refractivity contribution in [3.05, 3.63) is 53.6 Å². The Labute approximate surface area is 147 Å². The number of benzene rings is 1. The molecule has 1 aromatic carbocycles. The number of carbonyl (C=O) groups is 1. The first-order chi connectivity index (χ1) is 12.1. The van der Waals surface area contributed by atoms with Crippen molar-refractivity contribution >= 4 is 5.91 Å². The molecule has 132 valence electrons. The van der Waals surface area contributed by atoms with E-state index in [2.05, 4.69) is 5.10 Å². The number of likely N-dealkylation sites (tertiary alicyclic amines) is 1. The number of aryl methyl sites for hydroxylation is 1. The molecule has 0 bridgehead atoms. The first-order valence-corrected chi connectivity index (χ1v) is 9.10. The van der Waals surface area contributed by atoms with E-state index in [4.69, 9.17) is 0 Å². The van der Waals surface area contributed by atoms with Gasteiger partial charge in [-0.15, -0.1) is 0 Å². The van der Waals surface area contributed by atoms with Gasteiger partial charge in [-0.25, -0.2) is 4.39 Å². The molecule has 0 unspecified atom stereocenters. The van der Waals surface area contributed by atoms with Crippen LogP contribution in [0.5, 0.6) is 0 Å². The van der Waals surface area contributed by atoms with E-state index in [1.54, 1.807) is 12.1 Å². The van der Waals surface area contributed by atoms with Crippen molar-refractivity contribution in [2.24, 2.45) is 13.0 Å². The fourth-order valence-corrected chi connectivity index (χ4v) is 4.34. The molecular formula is C20H24FN3O. The van der Waals surface area contributed by atoms with Crippen LogP contribution in [0.1, 0.15) is 36.8 Å². The highest BCUT2D eigenvalue weighted by molar-refractivity contribution is 5.89. The van der Waals surface area contributed by atoms with Crippen LogP contribution in [0, 0.1) is 11.7 Å². The quantitative estimate of drug-likeness (QED) is 0.857. The van der Waals surface area contributed by atoms with E-state index < -0.39 is 5.41 Å². The van der Waals surface area contributed by atoms with Gasteiger partial charge in [0.2, 0.25) is 5.91 Å². The molecule has 2 heterocycles. The van der Waals surface area contributed by atoms with Crippen molar-refractivity contribution in [2.75, 3.05) is 13.1 Å². The van der Waals surface area contributed by atoms with Crippen LogP contribution in [-0.4, -0.2) is 33.7 Å². The van der Waals surface area contributed by atoms with Gasteiger partial charge in [0.25, 0.3) is 0 Å². The minimum atomic E-state index is -0.495. The second-order valence-corrected chi connectivity index (χ2v) is 7.58. The number of amides is 1. The number of nitrogens with zero attached hydrogens (tertiary/aromatic N) is 3. The largest absolute Gasteiger partial charge is 0.342 e. The van der Waals surface area contributed by atoms with Gasteiger partial charge in [-0.1, -0.05) is 18.6 Å². The molecule has 2 aromatic rings. The van der Waals surface area contributed by atoms with E-state index in [1.165, 1.54) is 11.6 Å². The number of rotatable bonds is 4. The van der Waals surface area contributed by atoms with Crippen LogP contribution in [0.3, 0.4) is 0 Å². The molecule has 4 rings (SSSR count). The minimum Gasteiger partial charge on any atom is -0.342 e. The third kappa shape index (κ3) is 2.96. The lowest BCUT2D eigenvalue weighted by Crippen LogP contribution is -2.50. The number of hydrogen-bond donors (Lipinski definition) is 0. The highest BCUT2D eigenvalue weighted by Gasteiger charge is 2.48. The Morgan fingerprint density at radius 2 is 2.24 bits per heavy atom. The molecule has 1 aliphatic heterocycles. The smallest absolute Gasteiger partial charge is 0.233 e. The van der Waals surface area contributed by atoms with E-state index in [1.807, 2.05) is 35.1 Å². The molecule has 5 heteroatoms. The van der Waals surface area contributed by atoms with E-state index in [0.717, 1.165) is 50.8 Å². The maximum absolute atomic E-state index is 13.7. The van der Waals surface area contributed by atoms with Gasteiger partial charge >= 0.3 is 0 Å². The molecule has 1 aliphatic carbocycles. The molecule has 1 saturated carbocycles. The van der Waals surface area contributed by atoms with E-state index in [9.17, 15) is 9.18 Å². The molecule has 1 saturated heterocycles. The van der Waals surface area contributed by atoms with Crippen LogP contribution >= 0.6 is 0 Å². The van der Waals surface area contributed by atoms with Gasteiger partial charge in [0.15, 0.2) is 0 Å². The Balaban J connectivity index is 1.47. The highest BCUT2D eigenvalue weighted by atomic mass is 19.1. The van der Waals surface area contributed by atoms with Gasteiger partial charge in [-0.2, -0.15) is 5.10 Å². The molecule has 2 aliphatic rings. The minimum absolute atomic E-state index is 0.193. The Kier molecular flexibility index (Phi) is 4.10. The summed E-state index contributed by atoms with van der Waals surface area (Å²) in [7, 11) is 1.92. The van der Waals surface area contributed by atoms with E-state index in [-0.39, 0.29) is 11.7 Å². The summed E-state index contributed by atoms with van der Waals surface area (Å²) in [5.74, 6) is 0.420. The first-order valence-electron chi connectivity index (χ1n) is 9.10. The number of halogens is 1. The molecule has 1 aromatic heterocycles. The molecule has 2 fully saturated rings. The average Bonchev–Trinajstić information content (AvgIpc) is 3.16. The van der Waals surface area contributed by atoms with Gasteiger partial charge in [-0.3, -0.25) is 9.48 Å². The predicted octanol–water partition coefficient (Wildman–Crippen LogP) is 3.07. The van der Waals surface area contributed by atoms with Crippen LogP contribution in [0.25, 0.3) is 0 Å². The molecule has 0 spiro atoms. The van der Waals surface area contributed by atoms with Crippen molar-refractivity contribution in [3.63, 3.8) is 0 Å². The van der Waals surface area contributed by atoms with Gasteiger partial charge in [-0.05, 0) is 54.9 Å². The summed E-state index contributed by atoms with van der Waals surface area (Å²) in [6, 6.07) is 6.61. The molecule has 0 radical (unpaired) electrons. The van der Waals surface area contributed by atoms with Crippen molar-refractivity contribution in [1.29, 1.82) is 0 Å². The standard InChI is InChI=1S/C20H24FN3O/c1-23-13-16(12-22-23)10-15-6-9-24(14-15)19(25)20(7-3-8-20)17-4-2-5-18(21)11-17/h2,4-5,11-13,15H,3,6-10,14H2,1H3/t15-/m0/s1. The topological polar surface area (TPSA) is 38.1 Å². The third-order valence-corrected chi connectivity index (χ3v) is 5.85. The summed E-state index contributed by atoms with van der Waals surface area (Å²) in [4.78, 5) is 15.3. The zero-order valence-electron chi connectivity index (χ0n) is 14.6. The van der Waals surface area contributed by atoms with Crippen molar-refractivity contribution in [3.8, 4) is 0 Å². The van der Waals surface area contributed by atoms with Gasteiger partial charge in [0.1, 0.15) is 5.82 Å². The molecule has 0 N–H and O–H groups in total. The number of hydrogen-bond acceptors (Lipinski definition) is 2. The van der Waals surface area contributed by atoms with Crippen LogP contribution in [0.2, 0.25) is 0 Å². The van der Waals surface area contributed by atoms with Gasteiger partial charge in [0, 0.05) is 26.3 Å². The maximum atomic E-state index is 13.7. The fourth-order valence-electron chi connectivity index (χ4n) is 4.34. The number of aromatic nitrogens is 2. The second-order valence-electron chi connectivity index (χ2n) is 7.58. The Hall–Kier alpha value is -2.17. The monoisotopic (exact) mass is 341 g/mol. The van der Waals surface area contributed by atoms with Crippen molar-refractivity contribution in [1.82, 2.24) is 14.7 Å². The van der Waals surface area contributed by atoms with E-state index >= 15 is 0 Å². The third-order valence-electron chi connectivity index (χ3n) is 5.85. The molecule has 25 heavy (non-hydrogen) atoms. The van der Waals surface area contributed by atoms with Crippen LogP contribution in [0.15, 0.2) is 36.7 Å². The first kappa shape index (κ1) is 16.3. The number of carbonyl (C=O) groups excluding carboxylic acids is 1. The molecular weight excluding hydrogens is 317 g/mol. The summed E-state index contributed by atoms with van der Waals surface area (Å²) in [5.41, 5.74) is 1.58. The van der Waals surface area contributed by atoms with Crippen LogP contribution < -0.4 is 0 Å². The maximum Gasteiger partial charge on any atom is 0.233 e. The molecule has 4 nitrogen and oxygen atoms in total. The van der Waals surface area contributed by atoms with Crippen molar-refractivity contribution < 1.29 is 9.18 Å². The summed E-state index contributed by atoms with van der Waals surface area (Å²) in [6.07, 6.45) is 8.65. The summed E-state index contributed by atoms with van der Waals surface area (Å²) in [6.45, 7) is 1.60. The molecule has 1 atom stereocenters.